The van der Waals surface area contributed by atoms with Crippen LogP contribution in [0.3, 0.4) is 0 Å². The summed E-state index contributed by atoms with van der Waals surface area (Å²) in [5.41, 5.74) is 0. The molecule has 0 aromatic carbocycles. The number of quaternary nitrogens is 1. The lowest BCUT2D eigenvalue weighted by atomic mass is 10.0. The molecule has 9 heteroatoms. The predicted molar refractivity (Wildman–Crippen MR) is 334 cm³/mol. The average Bonchev–Trinajstić information content (AvgIpc) is 3.42. The van der Waals surface area contributed by atoms with E-state index < -0.39 is 24.3 Å². The number of nitrogens with zero attached hydrogens (tertiary/aromatic N) is 1. The number of hydrogen-bond donors (Lipinski definition) is 0. The van der Waals surface area contributed by atoms with Gasteiger partial charge < -0.3 is 33.3 Å². The zero-order chi connectivity index (χ0) is 57.6. The number of unbranched alkanes of at least 4 members (excludes halogenated alkanes) is 28. The molecule has 0 radical (unpaired) electrons. The molecule has 2 unspecified atom stereocenters. The molecule has 0 saturated carbocycles. The van der Waals surface area contributed by atoms with E-state index in [1.165, 1.54) is 148 Å². The first-order chi connectivity index (χ1) is 38.6. The second-order valence-electron chi connectivity index (χ2n) is 22.6. The summed E-state index contributed by atoms with van der Waals surface area (Å²) in [5.74, 6) is -2.28. The van der Waals surface area contributed by atoms with Gasteiger partial charge >= 0.3 is 11.9 Å². The third-order valence-corrected chi connectivity index (χ3v) is 13.8. The molecule has 0 bridgehead atoms. The van der Waals surface area contributed by atoms with Crippen LogP contribution in [0.2, 0.25) is 0 Å². The van der Waals surface area contributed by atoms with E-state index in [9.17, 15) is 19.5 Å². The Kier molecular flexibility index (Phi) is 57.4. The Morgan fingerprint density at radius 1 is 0.380 bits per heavy atom. The minimum atomic E-state index is -1.63. The van der Waals surface area contributed by atoms with Crippen LogP contribution >= 0.6 is 0 Å². The third kappa shape index (κ3) is 61.7. The van der Waals surface area contributed by atoms with Crippen molar-refractivity contribution in [3.63, 3.8) is 0 Å². The van der Waals surface area contributed by atoms with Crippen molar-refractivity contribution >= 4 is 17.9 Å². The fourth-order valence-corrected chi connectivity index (χ4v) is 8.93. The van der Waals surface area contributed by atoms with Gasteiger partial charge in [-0.2, -0.15) is 0 Å². The van der Waals surface area contributed by atoms with Crippen molar-refractivity contribution in [1.82, 2.24) is 0 Å². The fraction of sp³-hybridized carbons (Fsp3) is 0.729. The first kappa shape index (κ1) is 75.2. The number of hydrogen-bond acceptors (Lipinski definition) is 8. The van der Waals surface area contributed by atoms with Crippen LogP contribution in [-0.4, -0.2) is 82.3 Å². The Balaban J connectivity index is 4.16. The van der Waals surface area contributed by atoms with Crippen LogP contribution in [-0.2, 0) is 33.3 Å². The number of allylic oxidation sites excluding steroid dienone is 16. The molecule has 0 aromatic heterocycles. The SMILES string of the molecule is CC/C=C\C/C=C\C/C=C\C/C=C\CCCCCCCCCCCCCCCCC(=O)OCC(COC(OCC[N+](C)(C)C)C(=O)[O-])OC(=O)CCCCCCCCCCCCCCCC/C=C\C/C=C\C/C=C\C/C=C\CC. The zero-order valence-electron chi connectivity index (χ0n) is 51.7. The number of likely N-dealkylation sites (N-methyl/N-ethyl adjacent to an activating group) is 1. The summed E-state index contributed by atoms with van der Waals surface area (Å²) in [5, 5.41) is 11.8. The Morgan fingerprint density at radius 2 is 0.684 bits per heavy atom. The Bertz CT molecular complexity index is 1620. The largest absolute Gasteiger partial charge is 0.545 e. The predicted octanol–water partition coefficient (Wildman–Crippen LogP) is 18.4. The molecule has 0 aliphatic heterocycles. The maximum Gasteiger partial charge on any atom is 0.306 e. The molecule has 454 valence electrons. The summed E-state index contributed by atoms with van der Waals surface area (Å²) in [7, 11) is 5.93. The molecular formula is C70H121NO8. The first-order valence-electron chi connectivity index (χ1n) is 32.4. The van der Waals surface area contributed by atoms with E-state index in [-0.39, 0.29) is 38.6 Å². The number of carboxylic acids is 1. The minimum Gasteiger partial charge on any atom is -0.545 e. The number of ether oxygens (including phenoxy) is 4. The molecule has 0 fully saturated rings. The monoisotopic (exact) mass is 1100 g/mol. The van der Waals surface area contributed by atoms with Gasteiger partial charge in [0.1, 0.15) is 13.2 Å². The molecule has 0 saturated heterocycles. The minimum absolute atomic E-state index is 0.145. The maximum atomic E-state index is 12.9. The Labute approximate surface area is 486 Å². The molecule has 0 spiro atoms. The van der Waals surface area contributed by atoms with Crippen molar-refractivity contribution in [2.45, 2.75) is 283 Å². The van der Waals surface area contributed by atoms with Gasteiger partial charge in [-0.15, -0.1) is 0 Å². The Morgan fingerprint density at radius 3 is 1.01 bits per heavy atom. The van der Waals surface area contributed by atoms with Crippen molar-refractivity contribution < 1.29 is 42.9 Å². The molecule has 9 nitrogen and oxygen atoms in total. The number of esters is 2. The van der Waals surface area contributed by atoms with Crippen LogP contribution in [0.15, 0.2) is 97.2 Å². The summed E-state index contributed by atoms with van der Waals surface area (Å²) in [6.07, 6.45) is 79.0. The molecule has 0 N–H and O–H groups in total. The van der Waals surface area contributed by atoms with E-state index in [1.807, 2.05) is 21.1 Å². The standard InChI is InChI=1S/C70H121NO8/c1-6-8-10-12-14-16-18-20-22-24-26-28-30-32-34-36-38-40-42-44-46-48-50-52-54-56-58-60-67(72)77-64-66(65-78-70(69(74)75)76-63-62-71(3,4)5)79-68(73)61-59-57-55-53-51-49-47-45-43-41-39-37-35-33-31-29-27-25-23-21-19-17-15-13-11-9-7-2/h8-11,14-17,20-23,26-29,66,70H,6-7,12-13,18-19,24-25,30-65H2,1-5H3/b10-8-,11-9-,16-14-,17-15-,22-20-,23-21-,28-26-,29-27-. The van der Waals surface area contributed by atoms with Gasteiger partial charge in [0, 0.05) is 12.8 Å². The van der Waals surface area contributed by atoms with Gasteiger partial charge in [-0.05, 0) is 89.9 Å². The number of carbonyl (C=O) groups excluding carboxylic acids is 3. The van der Waals surface area contributed by atoms with Gasteiger partial charge in [0.05, 0.1) is 40.3 Å². The van der Waals surface area contributed by atoms with Gasteiger partial charge in [0.2, 0.25) is 0 Å². The van der Waals surface area contributed by atoms with Crippen LogP contribution in [0.5, 0.6) is 0 Å². The van der Waals surface area contributed by atoms with E-state index in [4.69, 9.17) is 18.9 Å². The van der Waals surface area contributed by atoms with Gasteiger partial charge in [-0.3, -0.25) is 9.59 Å². The van der Waals surface area contributed by atoms with E-state index in [0.717, 1.165) is 89.9 Å². The van der Waals surface area contributed by atoms with Crippen molar-refractivity contribution in [3.8, 4) is 0 Å². The lowest BCUT2D eigenvalue weighted by Crippen LogP contribution is -2.44. The second kappa shape index (κ2) is 60.3. The highest BCUT2D eigenvalue weighted by atomic mass is 16.7. The van der Waals surface area contributed by atoms with Crippen molar-refractivity contribution in [1.29, 1.82) is 0 Å². The normalized spacial score (nSPS) is 13.4. The summed E-state index contributed by atoms with van der Waals surface area (Å²) < 4.78 is 22.8. The summed E-state index contributed by atoms with van der Waals surface area (Å²) in [6.45, 7) is 4.54. The van der Waals surface area contributed by atoms with Crippen molar-refractivity contribution in [2.75, 3.05) is 47.5 Å². The summed E-state index contributed by atoms with van der Waals surface area (Å²) >= 11 is 0. The van der Waals surface area contributed by atoms with E-state index in [2.05, 4.69) is 111 Å². The van der Waals surface area contributed by atoms with Gasteiger partial charge in [0.25, 0.3) is 0 Å². The molecule has 2 atom stereocenters. The summed E-state index contributed by atoms with van der Waals surface area (Å²) in [4.78, 5) is 37.4. The number of carboxylic acid groups (broad SMARTS) is 1. The topological polar surface area (TPSA) is 111 Å². The Hall–Kier alpha value is -3.79. The lowest BCUT2D eigenvalue weighted by Gasteiger charge is -2.26. The molecule has 0 aliphatic carbocycles. The van der Waals surface area contributed by atoms with Gasteiger partial charge in [0.15, 0.2) is 12.4 Å². The van der Waals surface area contributed by atoms with E-state index in [0.29, 0.717) is 17.4 Å². The highest BCUT2D eigenvalue weighted by Gasteiger charge is 2.22. The quantitative estimate of drug-likeness (QED) is 0.0195. The number of rotatable bonds is 59. The molecule has 0 rings (SSSR count). The molecule has 0 amide bonds. The molecule has 0 aromatic rings. The van der Waals surface area contributed by atoms with Crippen molar-refractivity contribution in [3.05, 3.63) is 97.2 Å². The highest BCUT2D eigenvalue weighted by molar-refractivity contribution is 5.70. The third-order valence-electron chi connectivity index (χ3n) is 13.8. The van der Waals surface area contributed by atoms with Crippen LogP contribution < -0.4 is 5.11 Å². The average molecular weight is 1100 g/mol. The summed E-state index contributed by atoms with van der Waals surface area (Å²) in [6, 6.07) is 0. The maximum absolute atomic E-state index is 12.9. The van der Waals surface area contributed by atoms with Crippen LogP contribution in [0.25, 0.3) is 0 Å². The number of aliphatic carboxylic acids is 1. The zero-order valence-corrected chi connectivity index (χ0v) is 51.7. The van der Waals surface area contributed by atoms with Crippen LogP contribution in [0.1, 0.15) is 271 Å². The smallest absolute Gasteiger partial charge is 0.306 e. The van der Waals surface area contributed by atoms with Gasteiger partial charge in [-0.1, -0.05) is 265 Å². The van der Waals surface area contributed by atoms with Crippen LogP contribution in [0, 0.1) is 0 Å². The molecule has 0 heterocycles. The van der Waals surface area contributed by atoms with Crippen LogP contribution in [0.4, 0.5) is 0 Å². The molecular weight excluding hydrogens is 983 g/mol. The van der Waals surface area contributed by atoms with Gasteiger partial charge in [-0.25, -0.2) is 0 Å². The fourth-order valence-electron chi connectivity index (χ4n) is 8.93. The van der Waals surface area contributed by atoms with E-state index >= 15 is 0 Å². The molecule has 79 heavy (non-hydrogen) atoms. The molecule has 0 aliphatic rings. The lowest BCUT2D eigenvalue weighted by molar-refractivity contribution is -0.870. The highest BCUT2D eigenvalue weighted by Crippen LogP contribution is 2.17. The van der Waals surface area contributed by atoms with E-state index in [1.54, 1.807) is 0 Å². The second-order valence-corrected chi connectivity index (χ2v) is 22.6. The number of carbonyl (C=O) groups is 3. The van der Waals surface area contributed by atoms with Crippen molar-refractivity contribution in [2.24, 2.45) is 0 Å². The first-order valence-corrected chi connectivity index (χ1v) is 32.4.